The molecule has 5 nitrogen and oxygen atoms in total. The van der Waals surface area contributed by atoms with E-state index in [1.807, 2.05) is 11.9 Å². The Morgan fingerprint density at radius 2 is 2.00 bits per heavy atom. The van der Waals surface area contributed by atoms with Gasteiger partial charge in [0.1, 0.15) is 0 Å². The molecular weight excluding hydrogens is 240 g/mol. The van der Waals surface area contributed by atoms with Gasteiger partial charge in [-0.15, -0.1) is 0 Å². The molecule has 1 rings (SSSR count). The number of nitrogens with zero attached hydrogens (tertiary/aromatic N) is 1. The Morgan fingerprint density at radius 3 is 2.41 bits per heavy atom. The van der Waals surface area contributed by atoms with Crippen molar-refractivity contribution in [3.05, 3.63) is 0 Å². The SMILES string of the molecule is CC(C)C(N)CCN(C)C1CS(=O)(=O)CC1O. The Balaban J connectivity index is 2.46. The predicted molar refractivity (Wildman–Crippen MR) is 68.5 cm³/mol. The second-order valence-corrected chi connectivity index (χ2v) is 7.54. The van der Waals surface area contributed by atoms with Crippen molar-refractivity contribution in [3.63, 3.8) is 0 Å². The van der Waals surface area contributed by atoms with Crippen LogP contribution in [0.25, 0.3) is 0 Å². The lowest BCUT2D eigenvalue weighted by molar-refractivity contribution is 0.0970. The van der Waals surface area contributed by atoms with Gasteiger partial charge in [-0.25, -0.2) is 8.42 Å². The van der Waals surface area contributed by atoms with Crippen molar-refractivity contribution in [2.75, 3.05) is 25.1 Å². The average Bonchev–Trinajstić information content (AvgIpc) is 2.48. The predicted octanol–water partition coefficient (Wildman–Crippen LogP) is -0.550. The summed E-state index contributed by atoms with van der Waals surface area (Å²) in [6.45, 7) is 4.86. The van der Waals surface area contributed by atoms with Crippen molar-refractivity contribution >= 4 is 9.84 Å². The summed E-state index contributed by atoms with van der Waals surface area (Å²) in [6.07, 6.45) is 0.0533. The molecule has 1 aliphatic heterocycles. The molecule has 0 saturated carbocycles. The van der Waals surface area contributed by atoms with Gasteiger partial charge in [-0.1, -0.05) is 13.8 Å². The van der Waals surface area contributed by atoms with Crippen LogP contribution in [-0.2, 0) is 9.84 Å². The number of hydrogen-bond acceptors (Lipinski definition) is 5. The Morgan fingerprint density at radius 1 is 1.41 bits per heavy atom. The van der Waals surface area contributed by atoms with Crippen LogP contribution < -0.4 is 5.73 Å². The summed E-state index contributed by atoms with van der Waals surface area (Å²) < 4.78 is 22.8. The van der Waals surface area contributed by atoms with E-state index in [0.717, 1.165) is 13.0 Å². The molecule has 3 atom stereocenters. The topological polar surface area (TPSA) is 83.6 Å². The summed E-state index contributed by atoms with van der Waals surface area (Å²) in [5.41, 5.74) is 5.94. The van der Waals surface area contributed by atoms with E-state index in [0.29, 0.717) is 5.92 Å². The number of aliphatic hydroxyl groups excluding tert-OH is 1. The van der Waals surface area contributed by atoms with Crippen molar-refractivity contribution in [2.24, 2.45) is 11.7 Å². The zero-order valence-electron chi connectivity index (χ0n) is 10.8. The summed E-state index contributed by atoms with van der Waals surface area (Å²) in [6, 6.07) is -0.160. The van der Waals surface area contributed by atoms with Crippen LogP contribution in [0.1, 0.15) is 20.3 Å². The molecular formula is C11H24N2O3S. The average molecular weight is 264 g/mol. The van der Waals surface area contributed by atoms with Gasteiger partial charge in [0.05, 0.1) is 23.7 Å². The van der Waals surface area contributed by atoms with Crippen LogP contribution in [0.2, 0.25) is 0 Å². The summed E-state index contributed by atoms with van der Waals surface area (Å²) >= 11 is 0. The van der Waals surface area contributed by atoms with E-state index >= 15 is 0 Å². The standard InChI is InChI=1S/C11H24N2O3S/c1-8(2)9(12)4-5-13(3)10-6-17(15,16)7-11(10)14/h8-11,14H,4-7,12H2,1-3H3. The summed E-state index contributed by atoms with van der Waals surface area (Å²) in [4.78, 5) is 1.91. The fraction of sp³-hybridized carbons (Fsp3) is 1.00. The molecule has 0 aromatic rings. The maximum absolute atomic E-state index is 11.4. The van der Waals surface area contributed by atoms with E-state index in [-0.39, 0.29) is 23.6 Å². The third-order valence-electron chi connectivity index (χ3n) is 3.53. The Hall–Kier alpha value is -0.170. The van der Waals surface area contributed by atoms with Crippen LogP contribution in [0.4, 0.5) is 0 Å². The van der Waals surface area contributed by atoms with Gasteiger partial charge in [-0.2, -0.15) is 0 Å². The Kier molecular flexibility index (Phi) is 4.95. The fourth-order valence-corrected chi connectivity index (χ4v) is 3.96. The first-order chi connectivity index (χ1) is 7.73. The molecule has 17 heavy (non-hydrogen) atoms. The highest BCUT2D eigenvalue weighted by Gasteiger charge is 2.38. The second-order valence-electron chi connectivity index (χ2n) is 5.39. The minimum Gasteiger partial charge on any atom is -0.390 e. The van der Waals surface area contributed by atoms with Crippen molar-refractivity contribution < 1.29 is 13.5 Å². The molecule has 1 saturated heterocycles. The Bertz CT molecular complexity index is 343. The Labute approximate surface area is 104 Å². The van der Waals surface area contributed by atoms with E-state index < -0.39 is 15.9 Å². The minimum absolute atomic E-state index is 0.0571. The van der Waals surface area contributed by atoms with Gasteiger partial charge in [0, 0.05) is 6.04 Å². The van der Waals surface area contributed by atoms with Crippen LogP contribution in [0.5, 0.6) is 0 Å². The molecule has 0 aromatic heterocycles. The maximum atomic E-state index is 11.4. The highest BCUT2D eigenvalue weighted by molar-refractivity contribution is 7.91. The number of likely N-dealkylation sites (N-methyl/N-ethyl adjacent to an activating group) is 1. The van der Waals surface area contributed by atoms with Crippen molar-refractivity contribution in [2.45, 2.75) is 38.5 Å². The van der Waals surface area contributed by atoms with Gasteiger partial charge in [-0.05, 0) is 25.9 Å². The molecule has 1 heterocycles. The summed E-state index contributed by atoms with van der Waals surface area (Å²) in [5.74, 6) is 0.362. The fourth-order valence-electron chi connectivity index (χ4n) is 2.08. The normalized spacial score (nSPS) is 30.1. The number of rotatable bonds is 5. The van der Waals surface area contributed by atoms with Crippen LogP contribution in [-0.4, -0.2) is 61.7 Å². The quantitative estimate of drug-likeness (QED) is 0.696. The molecule has 0 aromatic carbocycles. The van der Waals surface area contributed by atoms with Crippen molar-refractivity contribution in [1.82, 2.24) is 4.90 Å². The third-order valence-corrected chi connectivity index (χ3v) is 5.23. The number of nitrogens with two attached hydrogens (primary N) is 1. The highest BCUT2D eigenvalue weighted by atomic mass is 32.2. The molecule has 1 aliphatic rings. The molecule has 0 spiro atoms. The second kappa shape index (κ2) is 5.65. The minimum atomic E-state index is -3.07. The summed E-state index contributed by atoms with van der Waals surface area (Å²) in [7, 11) is -1.22. The molecule has 0 radical (unpaired) electrons. The molecule has 0 bridgehead atoms. The lowest BCUT2D eigenvalue weighted by atomic mass is 10.0. The first kappa shape index (κ1) is 14.9. The number of sulfone groups is 1. The lowest BCUT2D eigenvalue weighted by Crippen LogP contribution is -2.43. The van der Waals surface area contributed by atoms with Crippen LogP contribution in [0, 0.1) is 5.92 Å². The van der Waals surface area contributed by atoms with Crippen LogP contribution >= 0.6 is 0 Å². The molecule has 102 valence electrons. The zero-order valence-corrected chi connectivity index (χ0v) is 11.7. The first-order valence-corrected chi connectivity index (χ1v) is 7.89. The third kappa shape index (κ3) is 4.21. The van der Waals surface area contributed by atoms with Crippen LogP contribution in [0.15, 0.2) is 0 Å². The van der Waals surface area contributed by atoms with Gasteiger partial charge in [0.15, 0.2) is 9.84 Å². The van der Waals surface area contributed by atoms with Gasteiger partial charge >= 0.3 is 0 Å². The lowest BCUT2D eigenvalue weighted by Gasteiger charge is -2.27. The molecule has 3 N–H and O–H groups in total. The van der Waals surface area contributed by atoms with Gasteiger partial charge in [-0.3, -0.25) is 4.90 Å². The van der Waals surface area contributed by atoms with Crippen molar-refractivity contribution in [3.8, 4) is 0 Å². The largest absolute Gasteiger partial charge is 0.390 e. The van der Waals surface area contributed by atoms with Gasteiger partial charge < -0.3 is 10.8 Å². The van der Waals surface area contributed by atoms with E-state index in [2.05, 4.69) is 13.8 Å². The van der Waals surface area contributed by atoms with Crippen molar-refractivity contribution in [1.29, 1.82) is 0 Å². The maximum Gasteiger partial charge on any atom is 0.154 e. The molecule has 3 unspecified atom stereocenters. The molecule has 0 amide bonds. The van der Waals surface area contributed by atoms with Gasteiger partial charge in [0.25, 0.3) is 0 Å². The molecule has 6 heteroatoms. The van der Waals surface area contributed by atoms with E-state index in [1.165, 1.54) is 0 Å². The first-order valence-electron chi connectivity index (χ1n) is 6.07. The number of aliphatic hydroxyl groups is 1. The monoisotopic (exact) mass is 264 g/mol. The smallest absolute Gasteiger partial charge is 0.154 e. The van der Waals surface area contributed by atoms with Crippen LogP contribution in [0.3, 0.4) is 0 Å². The number of hydrogen-bond donors (Lipinski definition) is 2. The highest BCUT2D eigenvalue weighted by Crippen LogP contribution is 2.18. The zero-order chi connectivity index (χ0) is 13.2. The van der Waals surface area contributed by atoms with Gasteiger partial charge in [0.2, 0.25) is 0 Å². The van der Waals surface area contributed by atoms with E-state index in [1.54, 1.807) is 0 Å². The molecule has 0 aliphatic carbocycles. The van der Waals surface area contributed by atoms with E-state index in [4.69, 9.17) is 5.73 Å². The van der Waals surface area contributed by atoms with E-state index in [9.17, 15) is 13.5 Å². The molecule has 1 fully saturated rings. The summed E-state index contributed by atoms with van der Waals surface area (Å²) in [5, 5.41) is 9.72.